The number of rotatable bonds is 5. The van der Waals surface area contributed by atoms with Crippen LogP contribution in [0.5, 0.6) is 0 Å². The van der Waals surface area contributed by atoms with Crippen molar-refractivity contribution in [1.82, 2.24) is 0 Å². The predicted octanol–water partition coefficient (Wildman–Crippen LogP) is 5.39. The summed E-state index contributed by atoms with van der Waals surface area (Å²) in [5.41, 5.74) is 2.84. The Labute approximate surface area is 102 Å². The van der Waals surface area contributed by atoms with E-state index in [0.29, 0.717) is 0 Å². The second-order valence-electron chi connectivity index (χ2n) is 4.63. The third kappa shape index (κ3) is 7.50. The van der Waals surface area contributed by atoms with Gasteiger partial charge in [-0.2, -0.15) is 0 Å². The molecule has 0 radical (unpaired) electrons. The summed E-state index contributed by atoms with van der Waals surface area (Å²) < 4.78 is 0. The molecule has 0 aliphatic heterocycles. The van der Waals surface area contributed by atoms with Crippen LogP contribution in [0, 0.1) is 12.8 Å². The molecule has 0 bridgehead atoms. The molecule has 1 aromatic carbocycles. The van der Waals surface area contributed by atoms with Crippen LogP contribution >= 0.6 is 0 Å². The average Bonchev–Trinajstić information content (AvgIpc) is 2.29. The van der Waals surface area contributed by atoms with Crippen molar-refractivity contribution in [2.24, 2.45) is 5.92 Å². The highest BCUT2D eigenvalue weighted by atomic mass is 14.0. The van der Waals surface area contributed by atoms with Gasteiger partial charge in [-0.25, -0.2) is 0 Å². The molecular formula is C16H28. The molecule has 0 fully saturated rings. The average molecular weight is 220 g/mol. The van der Waals surface area contributed by atoms with Crippen LogP contribution in [0.1, 0.15) is 58.1 Å². The lowest BCUT2D eigenvalue weighted by Gasteiger charge is -2.04. The van der Waals surface area contributed by atoms with E-state index < -0.39 is 0 Å². The molecule has 16 heavy (non-hydrogen) atoms. The van der Waals surface area contributed by atoms with Crippen LogP contribution in [0.15, 0.2) is 24.3 Å². The molecule has 0 N–H and O–H groups in total. The monoisotopic (exact) mass is 220 g/mol. The Hall–Kier alpha value is -0.780. The van der Waals surface area contributed by atoms with E-state index in [0.717, 1.165) is 5.92 Å². The van der Waals surface area contributed by atoms with Gasteiger partial charge in [0.1, 0.15) is 0 Å². The fourth-order valence-electron chi connectivity index (χ4n) is 1.64. The van der Waals surface area contributed by atoms with Crippen molar-refractivity contribution in [3.63, 3.8) is 0 Å². The Balaban J connectivity index is 0.00000106. The molecule has 0 amide bonds. The minimum absolute atomic E-state index is 0.855. The molecule has 0 unspecified atom stereocenters. The lowest BCUT2D eigenvalue weighted by Crippen LogP contribution is -1.90. The van der Waals surface area contributed by atoms with E-state index in [1.165, 1.54) is 36.8 Å². The van der Waals surface area contributed by atoms with Crippen LogP contribution in [0.3, 0.4) is 0 Å². The first kappa shape index (κ1) is 15.2. The van der Waals surface area contributed by atoms with E-state index in [4.69, 9.17) is 0 Å². The Morgan fingerprint density at radius 3 is 2.00 bits per heavy atom. The van der Waals surface area contributed by atoms with Gasteiger partial charge in [-0.1, -0.05) is 70.4 Å². The van der Waals surface area contributed by atoms with Gasteiger partial charge in [0, 0.05) is 0 Å². The van der Waals surface area contributed by atoms with Crippen molar-refractivity contribution in [2.75, 3.05) is 0 Å². The molecule has 0 aromatic heterocycles. The van der Waals surface area contributed by atoms with Crippen LogP contribution in [0.25, 0.3) is 0 Å². The minimum Gasteiger partial charge on any atom is -0.0683 e. The van der Waals surface area contributed by atoms with Gasteiger partial charge in [-0.05, 0) is 31.2 Å². The maximum atomic E-state index is 2.30. The SMILES string of the molecule is CC.Cc1ccc(CCCCC(C)C)cc1. The quantitative estimate of drug-likeness (QED) is 0.584. The van der Waals surface area contributed by atoms with Gasteiger partial charge in [0.15, 0.2) is 0 Å². The third-order valence-corrected chi connectivity index (χ3v) is 2.62. The van der Waals surface area contributed by atoms with Gasteiger partial charge in [0.25, 0.3) is 0 Å². The van der Waals surface area contributed by atoms with Crippen molar-refractivity contribution in [3.8, 4) is 0 Å². The summed E-state index contributed by atoms with van der Waals surface area (Å²) in [7, 11) is 0. The molecule has 0 nitrogen and oxygen atoms in total. The smallest absolute Gasteiger partial charge is 0.0279 e. The maximum absolute atomic E-state index is 2.30. The Morgan fingerprint density at radius 2 is 1.50 bits per heavy atom. The fraction of sp³-hybridized carbons (Fsp3) is 0.625. The molecule has 1 aromatic rings. The number of unbranched alkanes of at least 4 members (excludes halogenated alkanes) is 1. The highest BCUT2D eigenvalue weighted by Gasteiger charge is 1.95. The molecule has 1 rings (SSSR count). The zero-order valence-electron chi connectivity index (χ0n) is 11.7. The zero-order valence-corrected chi connectivity index (χ0v) is 11.7. The molecule has 0 heterocycles. The van der Waals surface area contributed by atoms with Crippen LogP contribution in [0.4, 0.5) is 0 Å². The van der Waals surface area contributed by atoms with E-state index >= 15 is 0 Å². The lowest BCUT2D eigenvalue weighted by molar-refractivity contribution is 0.538. The summed E-state index contributed by atoms with van der Waals surface area (Å²) in [6.45, 7) is 10.7. The highest BCUT2D eigenvalue weighted by Crippen LogP contribution is 2.11. The Bertz CT molecular complexity index is 243. The second kappa shape index (κ2) is 9.45. The largest absolute Gasteiger partial charge is 0.0683 e. The molecule has 0 atom stereocenters. The van der Waals surface area contributed by atoms with Gasteiger partial charge in [-0.3, -0.25) is 0 Å². The van der Waals surface area contributed by atoms with Crippen molar-refractivity contribution < 1.29 is 0 Å². The molecule has 0 saturated heterocycles. The van der Waals surface area contributed by atoms with Crippen molar-refractivity contribution in [3.05, 3.63) is 35.4 Å². The molecule has 0 saturated carbocycles. The van der Waals surface area contributed by atoms with E-state index in [9.17, 15) is 0 Å². The van der Waals surface area contributed by atoms with Gasteiger partial charge in [-0.15, -0.1) is 0 Å². The van der Waals surface area contributed by atoms with Crippen molar-refractivity contribution in [2.45, 2.75) is 60.3 Å². The molecule has 0 aliphatic rings. The predicted molar refractivity (Wildman–Crippen MR) is 74.9 cm³/mol. The normalized spacial score (nSPS) is 9.88. The molecule has 0 heteroatoms. The summed E-state index contributed by atoms with van der Waals surface area (Å²) in [5, 5.41) is 0. The zero-order chi connectivity index (χ0) is 12.4. The van der Waals surface area contributed by atoms with E-state index in [-0.39, 0.29) is 0 Å². The standard InChI is InChI=1S/C14H22.C2H6/c1-12(2)6-4-5-7-14-10-8-13(3)9-11-14;1-2/h8-12H,4-7H2,1-3H3;1-2H3. The number of aryl methyl sites for hydroxylation is 2. The Morgan fingerprint density at radius 1 is 0.938 bits per heavy atom. The molecular weight excluding hydrogens is 192 g/mol. The number of benzene rings is 1. The second-order valence-corrected chi connectivity index (χ2v) is 4.63. The van der Waals surface area contributed by atoms with Crippen LogP contribution in [-0.2, 0) is 6.42 Å². The molecule has 0 aliphatic carbocycles. The first-order valence-electron chi connectivity index (χ1n) is 6.74. The van der Waals surface area contributed by atoms with Gasteiger partial charge >= 0.3 is 0 Å². The summed E-state index contributed by atoms with van der Waals surface area (Å²) in [6.07, 6.45) is 5.31. The first-order chi connectivity index (χ1) is 7.68. The fourth-order valence-corrected chi connectivity index (χ4v) is 1.64. The van der Waals surface area contributed by atoms with Crippen molar-refractivity contribution >= 4 is 0 Å². The first-order valence-corrected chi connectivity index (χ1v) is 6.74. The van der Waals surface area contributed by atoms with E-state index in [2.05, 4.69) is 45.0 Å². The van der Waals surface area contributed by atoms with Gasteiger partial charge in [0.2, 0.25) is 0 Å². The molecule has 92 valence electrons. The maximum Gasteiger partial charge on any atom is -0.0279 e. The molecule has 0 spiro atoms. The summed E-state index contributed by atoms with van der Waals surface area (Å²) in [6, 6.07) is 8.92. The summed E-state index contributed by atoms with van der Waals surface area (Å²) >= 11 is 0. The van der Waals surface area contributed by atoms with E-state index in [1.54, 1.807) is 0 Å². The van der Waals surface area contributed by atoms with Crippen LogP contribution in [0.2, 0.25) is 0 Å². The number of hydrogen-bond donors (Lipinski definition) is 0. The van der Waals surface area contributed by atoms with Crippen LogP contribution < -0.4 is 0 Å². The van der Waals surface area contributed by atoms with Crippen LogP contribution in [-0.4, -0.2) is 0 Å². The summed E-state index contributed by atoms with van der Waals surface area (Å²) in [5.74, 6) is 0.855. The van der Waals surface area contributed by atoms with Crippen molar-refractivity contribution in [1.29, 1.82) is 0 Å². The van der Waals surface area contributed by atoms with Gasteiger partial charge < -0.3 is 0 Å². The van der Waals surface area contributed by atoms with Gasteiger partial charge in [0.05, 0.1) is 0 Å². The minimum atomic E-state index is 0.855. The van der Waals surface area contributed by atoms with E-state index in [1.807, 2.05) is 13.8 Å². The third-order valence-electron chi connectivity index (χ3n) is 2.62. The highest BCUT2D eigenvalue weighted by molar-refractivity contribution is 5.21. The number of hydrogen-bond acceptors (Lipinski definition) is 0. The topological polar surface area (TPSA) is 0 Å². The Kier molecular flexibility index (Phi) is 8.99. The summed E-state index contributed by atoms with van der Waals surface area (Å²) in [4.78, 5) is 0. The lowest BCUT2D eigenvalue weighted by atomic mass is 10.0.